The van der Waals surface area contributed by atoms with E-state index in [1.54, 1.807) is 12.1 Å². The van der Waals surface area contributed by atoms with Crippen molar-refractivity contribution in [2.75, 3.05) is 6.61 Å². The van der Waals surface area contributed by atoms with Crippen LogP contribution in [-0.2, 0) is 17.6 Å². The number of para-hydroxylation sites is 1. The van der Waals surface area contributed by atoms with Crippen LogP contribution in [-0.4, -0.2) is 18.6 Å². The number of amides is 1. The standard InChI is InChI=1S/C17H16FNO2/c18-14-7-5-12(6-8-14)9-17(20)19-15-10-13-3-1-2-4-16(13)21-11-15/h1-8,15H,9-11H2,(H,19,20). The number of carbonyl (C=O) groups excluding carboxylic acids is 1. The van der Waals surface area contributed by atoms with Crippen molar-refractivity contribution in [1.82, 2.24) is 5.32 Å². The van der Waals surface area contributed by atoms with Gasteiger partial charge in [0, 0.05) is 0 Å². The van der Waals surface area contributed by atoms with Crippen LogP contribution in [0.2, 0.25) is 0 Å². The second-order valence-electron chi connectivity index (χ2n) is 5.19. The molecule has 0 fully saturated rings. The highest BCUT2D eigenvalue weighted by atomic mass is 19.1. The molecule has 1 heterocycles. The van der Waals surface area contributed by atoms with Crippen molar-refractivity contribution in [2.45, 2.75) is 18.9 Å². The summed E-state index contributed by atoms with van der Waals surface area (Å²) in [6.07, 6.45) is 1.02. The Morgan fingerprint density at radius 2 is 1.95 bits per heavy atom. The van der Waals surface area contributed by atoms with E-state index in [2.05, 4.69) is 5.32 Å². The lowest BCUT2D eigenvalue weighted by molar-refractivity contribution is -0.121. The Balaban J connectivity index is 1.57. The lowest BCUT2D eigenvalue weighted by atomic mass is 10.0. The molecule has 1 aliphatic heterocycles. The highest BCUT2D eigenvalue weighted by Gasteiger charge is 2.20. The molecular formula is C17H16FNO2. The quantitative estimate of drug-likeness (QED) is 0.941. The van der Waals surface area contributed by atoms with Gasteiger partial charge in [0.25, 0.3) is 0 Å². The monoisotopic (exact) mass is 285 g/mol. The fourth-order valence-corrected chi connectivity index (χ4v) is 2.49. The third-order valence-corrected chi connectivity index (χ3v) is 3.52. The van der Waals surface area contributed by atoms with Crippen LogP contribution in [0.25, 0.3) is 0 Å². The maximum absolute atomic E-state index is 12.8. The van der Waals surface area contributed by atoms with Crippen molar-refractivity contribution in [3.63, 3.8) is 0 Å². The molecule has 4 heteroatoms. The Kier molecular flexibility index (Phi) is 3.86. The third kappa shape index (κ3) is 3.40. The fraction of sp³-hybridized carbons (Fsp3) is 0.235. The zero-order valence-electron chi connectivity index (χ0n) is 11.5. The average molecular weight is 285 g/mol. The lowest BCUT2D eigenvalue weighted by Crippen LogP contribution is -2.43. The van der Waals surface area contributed by atoms with Crippen LogP contribution in [0.4, 0.5) is 4.39 Å². The Labute approximate surface area is 122 Å². The molecule has 3 nitrogen and oxygen atoms in total. The molecule has 1 N–H and O–H groups in total. The normalized spacial score (nSPS) is 16.7. The van der Waals surface area contributed by atoms with E-state index >= 15 is 0 Å². The van der Waals surface area contributed by atoms with E-state index in [0.717, 1.165) is 23.3 Å². The first-order chi connectivity index (χ1) is 10.2. The van der Waals surface area contributed by atoms with Gasteiger partial charge in [-0.2, -0.15) is 0 Å². The molecule has 0 aromatic heterocycles. The molecular weight excluding hydrogens is 269 g/mol. The summed E-state index contributed by atoms with van der Waals surface area (Å²) < 4.78 is 18.5. The highest BCUT2D eigenvalue weighted by Crippen LogP contribution is 2.23. The van der Waals surface area contributed by atoms with Gasteiger partial charge in [0.2, 0.25) is 5.91 Å². The first kappa shape index (κ1) is 13.6. The summed E-state index contributed by atoms with van der Waals surface area (Å²) in [6.45, 7) is 0.478. The summed E-state index contributed by atoms with van der Waals surface area (Å²) in [5.41, 5.74) is 1.90. The minimum atomic E-state index is -0.295. The van der Waals surface area contributed by atoms with Crippen LogP contribution >= 0.6 is 0 Å². The number of hydrogen-bond acceptors (Lipinski definition) is 2. The van der Waals surface area contributed by atoms with Crippen LogP contribution in [0, 0.1) is 5.82 Å². The van der Waals surface area contributed by atoms with Crippen LogP contribution in [0.1, 0.15) is 11.1 Å². The number of hydrogen-bond donors (Lipinski definition) is 1. The van der Waals surface area contributed by atoms with Crippen LogP contribution in [0.5, 0.6) is 5.75 Å². The van der Waals surface area contributed by atoms with Crippen LogP contribution in [0.15, 0.2) is 48.5 Å². The number of ether oxygens (including phenoxy) is 1. The van der Waals surface area contributed by atoms with Gasteiger partial charge in [-0.1, -0.05) is 30.3 Å². The van der Waals surface area contributed by atoms with E-state index in [-0.39, 0.29) is 24.2 Å². The van der Waals surface area contributed by atoms with E-state index in [1.165, 1.54) is 12.1 Å². The topological polar surface area (TPSA) is 38.3 Å². The van der Waals surface area contributed by atoms with Crippen molar-refractivity contribution in [2.24, 2.45) is 0 Å². The zero-order valence-corrected chi connectivity index (χ0v) is 11.5. The van der Waals surface area contributed by atoms with Gasteiger partial charge in [-0.3, -0.25) is 4.79 Å². The Morgan fingerprint density at radius 1 is 1.19 bits per heavy atom. The van der Waals surface area contributed by atoms with Crippen LogP contribution < -0.4 is 10.1 Å². The molecule has 2 aromatic rings. The Hall–Kier alpha value is -2.36. The number of nitrogens with one attached hydrogen (secondary N) is 1. The number of halogens is 1. The molecule has 0 saturated heterocycles. The van der Waals surface area contributed by atoms with Gasteiger partial charge in [-0.15, -0.1) is 0 Å². The van der Waals surface area contributed by atoms with Crippen molar-refractivity contribution in [3.8, 4) is 5.75 Å². The number of rotatable bonds is 3. The maximum Gasteiger partial charge on any atom is 0.224 e. The maximum atomic E-state index is 12.8. The molecule has 0 bridgehead atoms. The summed E-state index contributed by atoms with van der Waals surface area (Å²) >= 11 is 0. The van der Waals surface area contributed by atoms with Crippen LogP contribution in [0.3, 0.4) is 0 Å². The van der Waals surface area contributed by atoms with E-state index in [9.17, 15) is 9.18 Å². The van der Waals surface area contributed by atoms with Gasteiger partial charge < -0.3 is 10.1 Å². The third-order valence-electron chi connectivity index (χ3n) is 3.52. The molecule has 0 radical (unpaired) electrons. The van der Waals surface area contributed by atoms with E-state index in [0.29, 0.717) is 6.61 Å². The van der Waals surface area contributed by atoms with E-state index in [1.807, 2.05) is 24.3 Å². The fourth-order valence-electron chi connectivity index (χ4n) is 2.49. The molecule has 3 rings (SSSR count). The predicted octanol–water partition coefficient (Wildman–Crippen LogP) is 2.49. The first-order valence-electron chi connectivity index (χ1n) is 6.95. The Morgan fingerprint density at radius 3 is 2.76 bits per heavy atom. The second kappa shape index (κ2) is 5.95. The molecule has 1 aliphatic rings. The van der Waals surface area contributed by atoms with Crippen molar-refractivity contribution >= 4 is 5.91 Å². The smallest absolute Gasteiger partial charge is 0.224 e. The molecule has 1 atom stereocenters. The Bertz CT molecular complexity index is 639. The second-order valence-corrected chi connectivity index (χ2v) is 5.19. The van der Waals surface area contributed by atoms with E-state index in [4.69, 9.17) is 4.74 Å². The molecule has 0 aliphatic carbocycles. The molecule has 1 amide bonds. The minimum Gasteiger partial charge on any atom is -0.491 e. The largest absolute Gasteiger partial charge is 0.491 e. The summed E-state index contributed by atoms with van der Waals surface area (Å²) in [6, 6.07) is 13.8. The molecule has 21 heavy (non-hydrogen) atoms. The van der Waals surface area contributed by atoms with Gasteiger partial charge in [-0.05, 0) is 35.7 Å². The van der Waals surface area contributed by atoms with Crippen molar-refractivity contribution in [3.05, 3.63) is 65.5 Å². The summed E-state index contributed by atoms with van der Waals surface area (Å²) in [7, 11) is 0. The van der Waals surface area contributed by atoms with Gasteiger partial charge in [-0.25, -0.2) is 4.39 Å². The average Bonchev–Trinajstić information content (AvgIpc) is 2.49. The van der Waals surface area contributed by atoms with Gasteiger partial charge in [0.05, 0.1) is 12.5 Å². The molecule has 1 unspecified atom stereocenters. The lowest BCUT2D eigenvalue weighted by Gasteiger charge is -2.26. The summed E-state index contributed by atoms with van der Waals surface area (Å²) in [5.74, 6) is 0.521. The van der Waals surface area contributed by atoms with Gasteiger partial charge in [0.1, 0.15) is 18.2 Å². The predicted molar refractivity (Wildman–Crippen MR) is 77.7 cm³/mol. The van der Waals surface area contributed by atoms with Gasteiger partial charge >= 0.3 is 0 Å². The first-order valence-corrected chi connectivity index (χ1v) is 6.95. The minimum absolute atomic E-state index is 0.0205. The molecule has 0 saturated carbocycles. The SMILES string of the molecule is O=C(Cc1ccc(F)cc1)NC1COc2ccccc2C1. The number of fused-ring (bicyclic) bond motifs is 1. The zero-order chi connectivity index (χ0) is 14.7. The number of benzene rings is 2. The van der Waals surface area contributed by atoms with Gasteiger partial charge in [0.15, 0.2) is 0 Å². The van der Waals surface area contributed by atoms with Crippen molar-refractivity contribution in [1.29, 1.82) is 0 Å². The number of carbonyl (C=O) groups is 1. The van der Waals surface area contributed by atoms with E-state index < -0.39 is 0 Å². The molecule has 108 valence electrons. The summed E-state index contributed by atoms with van der Waals surface area (Å²) in [4.78, 5) is 12.0. The summed E-state index contributed by atoms with van der Waals surface area (Å²) in [5, 5.41) is 2.97. The molecule has 0 spiro atoms. The highest BCUT2D eigenvalue weighted by molar-refractivity contribution is 5.79. The van der Waals surface area contributed by atoms with Crippen molar-refractivity contribution < 1.29 is 13.9 Å². The molecule has 2 aromatic carbocycles.